The molecule has 3 aromatic rings. The van der Waals surface area contributed by atoms with Gasteiger partial charge in [0, 0.05) is 19.2 Å². The van der Waals surface area contributed by atoms with Crippen LogP contribution in [0.2, 0.25) is 0 Å². The number of aromatic nitrogens is 2. The largest absolute Gasteiger partial charge is 0.424 e. The van der Waals surface area contributed by atoms with Crippen LogP contribution in [0.5, 0.6) is 11.8 Å². The van der Waals surface area contributed by atoms with Crippen LogP contribution in [0.4, 0.5) is 11.6 Å². The van der Waals surface area contributed by atoms with Crippen molar-refractivity contribution >= 4 is 17.9 Å². The Bertz CT molecular complexity index is 972. The Labute approximate surface area is 170 Å². The highest BCUT2D eigenvalue weighted by molar-refractivity contribution is 5.80. The van der Waals surface area contributed by atoms with Gasteiger partial charge in [-0.25, -0.2) is 0 Å². The summed E-state index contributed by atoms with van der Waals surface area (Å²) in [6.45, 7) is 4.94. The lowest BCUT2D eigenvalue weighted by molar-refractivity contribution is 0.122. The molecular weight excluding hydrogens is 366 g/mol. The summed E-state index contributed by atoms with van der Waals surface area (Å²) < 4.78 is 11.3. The standard InChI is InChI=1S/C22H23N5O2/c1-17-6-5-7-18(14-17)16-23-26-20-15-21(27-10-12-28-13-11-27)25-22(24-20)29-19-8-3-2-4-9-19/h2-9,14-16H,10-13H2,1H3,(H,24,25,26). The molecule has 1 aliphatic heterocycles. The van der Waals surface area contributed by atoms with E-state index in [9.17, 15) is 0 Å². The SMILES string of the molecule is Cc1cccc(C=NNc2cc(N3CCOCC3)nc(Oc3ccccc3)n2)c1. The predicted octanol–water partition coefficient (Wildman–Crippen LogP) is 3.86. The zero-order valence-corrected chi connectivity index (χ0v) is 16.3. The number of morpholine rings is 1. The number of aryl methyl sites for hydroxylation is 1. The van der Waals surface area contributed by atoms with E-state index >= 15 is 0 Å². The summed E-state index contributed by atoms with van der Waals surface area (Å²) >= 11 is 0. The third-order valence-corrected chi connectivity index (χ3v) is 4.41. The van der Waals surface area contributed by atoms with Crippen LogP contribution in [0.3, 0.4) is 0 Å². The number of ether oxygens (including phenoxy) is 2. The Kier molecular flexibility index (Phi) is 5.97. The molecular formula is C22H23N5O2. The van der Waals surface area contributed by atoms with Gasteiger partial charge in [-0.2, -0.15) is 15.1 Å². The molecule has 0 saturated carbocycles. The van der Waals surface area contributed by atoms with Crippen molar-refractivity contribution in [3.8, 4) is 11.8 Å². The van der Waals surface area contributed by atoms with E-state index in [0.717, 1.165) is 24.5 Å². The Balaban J connectivity index is 1.56. The van der Waals surface area contributed by atoms with Crippen LogP contribution in [0.25, 0.3) is 0 Å². The minimum atomic E-state index is 0.272. The fourth-order valence-electron chi connectivity index (χ4n) is 2.99. The maximum Gasteiger partial charge on any atom is 0.325 e. The monoisotopic (exact) mass is 389 g/mol. The summed E-state index contributed by atoms with van der Waals surface area (Å²) in [6, 6.07) is 19.8. The summed E-state index contributed by atoms with van der Waals surface area (Å²) in [6.07, 6.45) is 1.77. The molecule has 0 atom stereocenters. The third kappa shape index (κ3) is 5.30. The maximum absolute atomic E-state index is 5.86. The number of rotatable bonds is 6. The first-order valence-electron chi connectivity index (χ1n) is 9.57. The predicted molar refractivity (Wildman–Crippen MR) is 114 cm³/mol. The van der Waals surface area contributed by atoms with Crippen LogP contribution in [-0.4, -0.2) is 42.5 Å². The van der Waals surface area contributed by atoms with Gasteiger partial charge in [-0.05, 0) is 24.6 Å². The molecule has 29 heavy (non-hydrogen) atoms. The molecule has 0 unspecified atom stereocenters. The summed E-state index contributed by atoms with van der Waals surface area (Å²) in [7, 11) is 0. The zero-order valence-electron chi connectivity index (χ0n) is 16.3. The quantitative estimate of drug-likeness (QED) is 0.510. The molecule has 1 aromatic heterocycles. The highest BCUT2D eigenvalue weighted by Crippen LogP contribution is 2.24. The normalized spacial score (nSPS) is 14.2. The lowest BCUT2D eigenvalue weighted by atomic mass is 10.2. The summed E-state index contributed by atoms with van der Waals surface area (Å²) in [5.41, 5.74) is 5.20. The van der Waals surface area contributed by atoms with Gasteiger partial charge < -0.3 is 14.4 Å². The van der Waals surface area contributed by atoms with Crippen LogP contribution in [0, 0.1) is 6.92 Å². The van der Waals surface area contributed by atoms with Gasteiger partial charge >= 0.3 is 6.01 Å². The first-order valence-corrected chi connectivity index (χ1v) is 9.57. The van der Waals surface area contributed by atoms with Gasteiger partial charge in [0.15, 0.2) is 5.82 Å². The number of para-hydroxylation sites is 1. The second-order valence-electron chi connectivity index (χ2n) is 6.69. The fraction of sp³-hybridized carbons (Fsp3) is 0.227. The Hall–Kier alpha value is -3.45. The molecule has 0 amide bonds. The second kappa shape index (κ2) is 9.16. The van der Waals surface area contributed by atoms with Crippen molar-refractivity contribution in [3.05, 3.63) is 71.8 Å². The summed E-state index contributed by atoms with van der Waals surface area (Å²) in [4.78, 5) is 11.2. The van der Waals surface area contributed by atoms with E-state index in [-0.39, 0.29) is 6.01 Å². The molecule has 2 aromatic carbocycles. The first kappa shape index (κ1) is 18.9. The minimum Gasteiger partial charge on any atom is -0.424 e. The van der Waals surface area contributed by atoms with Crippen LogP contribution in [0.1, 0.15) is 11.1 Å². The van der Waals surface area contributed by atoms with E-state index in [4.69, 9.17) is 9.47 Å². The smallest absolute Gasteiger partial charge is 0.325 e. The number of hydrogen-bond donors (Lipinski definition) is 1. The number of nitrogens with zero attached hydrogens (tertiary/aromatic N) is 4. The van der Waals surface area contributed by atoms with Crippen molar-refractivity contribution in [2.45, 2.75) is 6.92 Å². The van der Waals surface area contributed by atoms with Gasteiger partial charge in [-0.15, -0.1) is 0 Å². The highest BCUT2D eigenvalue weighted by Gasteiger charge is 2.16. The van der Waals surface area contributed by atoms with Crippen LogP contribution in [0.15, 0.2) is 65.8 Å². The molecule has 4 rings (SSSR count). The molecule has 0 aliphatic carbocycles. The Morgan fingerprint density at radius 3 is 2.66 bits per heavy atom. The molecule has 0 bridgehead atoms. The zero-order chi connectivity index (χ0) is 19.9. The van der Waals surface area contributed by atoms with Gasteiger partial charge in [-0.1, -0.05) is 48.0 Å². The van der Waals surface area contributed by atoms with Crippen LogP contribution in [-0.2, 0) is 4.74 Å². The number of anilines is 2. The first-order chi connectivity index (χ1) is 14.3. The lowest BCUT2D eigenvalue weighted by Crippen LogP contribution is -2.36. The fourth-order valence-corrected chi connectivity index (χ4v) is 2.99. The van der Waals surface area contributed by atoms with Crippen molar-refractivity contribution in [2.75, 3.05) is 36.6 Å². The molecule has 2 heterocycles. The molecule has 1 N–H and O–H groups in total. The van der Waals surface area contributed by atoms with Gasteiger partial charge in [0.05, 0.1) is 19.4 Å². The van der Waals surface area contributed by atoms with E-state index in [2.05, 4.69) is 44.5 Å². The summed E-state index contributed by atoms with van der Waals surface area (Å²) in [5, 5.41) is 4.32. The van der Waals surface area contributed by atoms with Crippen molar-refractivity contribution in [1.82, 2.24) is 9.97 Å². The topological polar surface area (TPSA) is 71.9 Å². The van der Waals surface area contributed by atoms with Crippen LogP contribution >= 0.6 is 0 Å². The molecule has 1 saturated heterocycles. The van der Waals surface area contributed by atoms with Gasteiger partial charge in [0.1, 0.15) is 11.6 Å². The summed E-state index contributed by atoms with van der Waals surface area (Å²) in [5.74, 6) is 2.03. The molecule has 0 radical (unpaired) electrons. The van der Waals surface area contributed by atoms with E-state index in [1.54, 1.807) is 6.21 Å². The molecule has 7 heteroatoms. The Morgan fingerprint density at radius 2 is 1.86 bits per heavy atom. The molecule has 148 valence electrons. The number of nitrogens with one attached hydrogen (secondary N) is 1. The molecule has 1 fully saturated rings. The van der Waals surface area contributed by atoms with E-state index < -0.39 is 0 Å². The van der Waals surface area contributed by atoms with Gasteiger partial charge in [-0.3, -0.25) is 5.43 Å². The van der Waals surface area contributed by atoms with Crippen molar-refractivity contribution in [1.29, 1.82) is 0 Å². The van der Waals surface area contributed by atoms with E-state index in [1.807, 2.05) is 48.5 Å². The van der Waals surface area contributed by atoms with Crippen LogP contribution < -0.4 is 15.1 Å². The second-order valence-corrected chi connectivity index (χ2v) is 6.69. The van der Waals surface area contributed by atoms with E-state index in [1.165, 1.54) is 5.56 Å². The van der Waals surface area contributed by atoms with E-state index in [0.29, 0.717) is 24.8 Å². The number of hydrazone groups is 1. The molecule has 0 spiro atoms. The maximum atomic E-state index is 5.86. The molecule has 7 nitrogen and oxygen atoms in total. The molecule has 1 aliphatic rings. The average Bonchev–Trinajstić information content (AvgIpc) is 2.75. The number of hydrogen-bond acceptors (Lipinski definition) is 7. The lowest BCUT2D eigenvalue weighted by Gasteiger charge is -2.28. The average molecular weight is 389 g/mol. The van der Waals surface area contributed by atoms with Crippen molar-refractivity contribution in [2.24, 2.45) is 5.10 Å². The highest BCUT2D eigenvalue weighted by atomic mass is 16.5. The van der Waals surface area contributed by atoms with Crippen molar-refractivity contribution in [3.63, 3.8) is 0 Å². The number of benzene rings is 2. The van der Waals surface area contributed by atoms with Crippen molar-refractivity contribution < 1.29 is 9.47 Å². The Morgan fingerprint density at radius 1 is 1.03 bits per heavy atom. The minimum absolute atomic E-state index is 0.272. The van der Waals surface area contributed by atoms with Gasteiger partial charge in [0.2, 0.25) is 0 Å². The van der Waals surface area contributed by atoms with Gasteiger partial charge in [0.25, 0.3) is 0 Å². The third-order valence-electron chi connectivity index (χ3n) is 4.41.